The molecule has 3 aromatic rings. The second-order valence-corrected chi connectivity index (χ2v) is 6.15. The predicted octanol–water partition coefficient (Wildman–Crippen LogP) is 3.53. The number of carbonyl (C=O) groups is 1. The molecule has 0 saturated heterocycles. The summed E-state index contributed by atoms with van der Waals surface area (Å²) in [6, 6.07) is 17.5. The number of benzene rings is 1. The average molecular weight is 348 g/mol. The maximum absolute atomic E-state index is 13.0. The smallest absolute Gasteiger partial charge is 0.322 e. The summed E-state index contributed by atoms with van der Waals surface area (Å²) in [7, 11) is 1.56. The van der Waals surface area contributed by atoms with Crippen molar-refractivity contribution in [2.45, 2.75) is 12.6 Å². The third-order valence-electron chi connectivity index (χ3n) is 4.61. The maximum Gasteiger partial charge on any atom is 0.322 e. The first-order chi connectivity index (χ1) is 12.8. The van der Waals surface area contributed by atoms with Crippen molar-refractivity contribution in [3.63, 3.8) is 0 Å². The third kappa shape index (κ3) is 3.01. The van der Waals surface area contributed by atoms with Crippen molar-refractivity contribution in [3.05, 3.63) is 78.2 Å². The number of nitrogens with one attached hydrogen (secondary N) is 1. The Labute approximate surface area is 152 Å². The van der Waals surface area contributed by atoms with Gasteiger partial charge in [0, 0.05) is 31.0 Å². The van der Waals surface area contributed by atoms with Gasteiger partial charge < -0.3 is 19.5 Å². The standard InChI is InChI=1S/C20H20N4O2/c1-26-18-10-9-16(14-21-18)22-20(25)24-13-12-23-11-5-8-17(23)19(24)15-6-3-2-4-7-15/h2-11,14,19H,12-13H2,1H3,(H,22,25)/t19-/m1/s1. The molecule has 6 nitrogen and oxygen atoms in total. The van der Waals surface area contributed by atoms with Gasteiger partial charge in [-0.15, -0.1) is 0 Å². The fraction of sp³-hybridized carbons (Fsp3) is 0.200. The molecular weight excluding hydrogens is 328 g/mol. The number of amides is 2. The van der Waals surface area contributed by atoms with Gasteiger partial charge in [-0.3, -0.25) is 0 Å². The molecular formula is C20H20N4O2. The molecule has 0 saturated carbocycles. The highest BCUT2D eigenvalue weighted by Crippen LogP contribution is 2.32. The van der Waals surface area contributed by atoms with E-state index in [4.69, 9.17) is 4.74 Å². The molecule has 132 valence electrons. The van der Waals surface area contributed by atoms with Gasteiger partial charge in [0.2, 0.25) is 5.88 Å². The Kier molecular flexibility index (Phi) is 4.31. The highest BCUT2D eigenvalue weighted by Gasteiger charge is 2.32. The molecule has 26 heavy (non-hydrogen) atoms. The van der Waals surface area contributed by atoms with Crippen molar-refractivity contribution in [2.24, 2.45) is 0 Å². The van der Waals surface area contributed by atoms with Gasteiger partial charge >= 0.3 is 6.03 Å². The fourth-order valence-corrected chi connectivity index (χ4v) is 3.36. The van der Waals surface area contributed by atoms with Crippen LogP contribution in [0.5, 0.6) is 5.88 Å². The molecule has 0 fully saturated rings. The van der Waals surface area contributed by atoms with Gasteiger partial charge in [0.25, 0.3) is 0 Å². The topological polar surface area (TPSA) is 59.4 Å². The Bertz CT molecular complexity index is 890. The van der Waals surface area contributed by atoms with Crippen LogP contribution in [0.4, 0.5) is 10.5 Å². The van der Waals surface area contributed by atoms with Crippen LogP contribution >= 0.6 is 0 Å². The Balaban J connectivity index is 1.62. The third-order valence-corrected chi connectivity index (χ3v) is 4.61. The molecule has 2 aromatic heterocycles. The van der Waals surface area contributed by atoms with Crippen molar-refractivity contribution in [1.82, 2.24) is 14.5 Å². The summed E-state index contributed by atoms with van der Waals surface area (Å²) in [6.07, 6.45) is 3.66. The zero-order valence-corrected chi connectivity index (χ0v) is 14.5. The monoisotopic (exact) mass is 348 g/mol. The quantitative estimate of drug-likeness (QED) is 0.788. The van der Waals surface area contributed by atoms with Crippen LogP contribution in [0.15, 0.2) is 67.0 Å². The summed E-state index contributed by atoms with van der Waals surface area (Å²) < 4.78 is 7.26. The number of pyridine rings is 1. The average Bonchev–Trinajstić information content (AvgIpc) is 3.17. The van der Waals surface area contributed by atoms with E-state index >= 15 is 0 Å². The van der Waals surface area contributed by atoms with E-state index < -0.39 is 0 Å². The molecule has 0 aliphatic carbocycles. The first kappa shape index (κ1) is 16.2. The highest BCUT2D eigenvalue weighted by molar-refractivity contribution is 5.89. The van der Waals surface area contributed by atoms with Crippen LogP contribution in [0.1, 0.15) is 17.3 Å². The molecule has 1 aliphatic rings. The molecule has 0 unspecified atom stereocenters. The van der Waals surface area contributed by atoms with Crippen LogP contribution in [-0.2, 0) is 6.54 Å². The van der Waals surface area contributed by atoms with E-state index in [-0.39, 0.29) is 12.1 Å². The second-order valence-electron chi connectivity index (χ2n) is 6.15. The molecule has 1 N–H and O–H groups in total. The maximum atomic E-state index is 13.0. The van der Waals surface area contributed by atoms with Crippen LogP contribution in [0.2, 0.25) is 0 Å². The largest absolute Gasteiger partial charge is 0.481 e. The van der Waals surface area contributed by atoms with Crippen molar-refractivity contribution in [1.29, 1.82) is 0 Å². The van der Waals surface area contributed by atoms with E-state index in [0.717, 1.165) is 17.8 Å². The van der Waals surface area contributed by atoms with Crippen LogP contribution in [0.25, 0.3) is 0 Å². The second kappa shape index (κ2) is 6.92. The first-order valence-corrected chi connectivity index (χ1v) is 8.54. The number of hydrogen-bond donors (Lipinski definition) is 1. The lowest BCUT2D eigenvalue weighted by Gasteiger charge is -2.37. The van der Waals surface area contributed by atoms with Crippen LogP contribution in [0, 0.1) is 0 Å². The number of urea groups is 1. The molecule has 1 atom stereocenters. The van der Waals surface area contributed by atoms with Gasteiger partial charge in [0.1, 0.15) is 0 Å². The van der Waals surface area contributed by atoms with Crippen LogP contribution < -0.4 is 10.1 Å². The minimum absolute atomic E-state index is 0.119. The van der Waals surface area contributed by atoms with Gasteiger partial charge in [-0.05, 0) is 23.8 Å². The normalized spacial score (nSPS) is 16.0. The minimum Gasteiger partial charge on any atom is -0.481 e. The molecule has 2 amide bonds. The minimum atomic E-state index is -0.140. The Morgan fingerprint density at radius 1 is 1.12 bits per heavy atom. The number of carbonyl (C=O) groups excluding carboxylic acids is 1. The number of ether oxygens (including phenoxy) is 1. The lowest BCUT2D eigenvalue weighted by Crippen LogP contribution is -2.44. The van der Waals surface area contributed by atoms with Gasteiger partial charge in [-0.25, -0.2) is 9.78 Å². The van der Waals surface area contributed by atoms with Crippen molar-refractivity contribution >= 4 is 11.7 Å². The van der Waals surface area contributed by atoms with E-state index in [1.165, 1.54) is 0 Å². The molecule has 1 aliphatic heterocycles. The lowest BCUT2D eigenvalue weighted by molar-refractivity contribution is 0.182. The number of nitrogens with zero attached hydrogens (tertiary/aromatic N) is 3. The summed E-state index contributed by atoms with van der Waals surface area (Å²) in [5.74, 6) is 0.515. The number of fused-ring (bicyclic) bond motifs is 1. The fourth-order valence-electron chi connectivity index (χ4n) is 3.36. The molecule has 4 rings (SSSR count). The van der Waals surface area contributed by atoms with Gasteiger partial charge in [-0.2, -0.15) is 0 Å². The zero-order chi connectivity index (χ0) is 17.9. The van der Waals surface area contributed by atoms with Crippen molar-refractivity contribution in [2.75, 3.05) is 19.0 Å². The van der Waals surface area contributed by atoms with E-state index in [1.807, 2.05) is 29.2 Å². The number of rotatable bonds is 3. The molecule has 0 bridgehead atoms. The number of anilines is 1. The van der Waals surface area contributed by atoms with E-state index in [0.29, 0.717) is 18.1 Å². The Morgan fingerprint density at radius 3 is 2.69 bits per heavy atom. The van der Waals surface area contributed by atoms with Crippen molar-refractivity contribution < 1.29 is 9.53 Å². The number of aromatic nitrogens is 2. The summed E-state index contributed by atoms with van der Waals surface area (Å²) >= 11 is 0. The van der Waals surface area contributed by atoms with E-state index in [2.05, 4.69) is 39.3 Å². The van der Waals surface area contributed by atoms with E-state index in [1.54, 1.807) is 25.4 Å². The Morgan fingerprint density at radius 2 is 1.96 bits per heavy atom. The van der Waals surface area contributed by atoms with Crippen molar-refractivity contribution in [3.8, 4) is 5.88 Å². The predicted molar refractivity (Wildman–Crippen MR) is 99.2 cm³/mol. The molecule has 1 aromatic carbocycles. The zero-order valence-electron chi connectivity index (χ0n) is 14.5. The summed E-state index contributed by atoms with van der Waals surface area (Å²) in [4.78, 5) is 19.0. The number of methoxy groups -OCH3 is 1. The van der Waals surface area contributed by atoms with Gasteiger partial charge in [0.05, 0.1) is 25.0 Å². The molecule has 0 radical (unpaired) electrons. The SMILES string of the molecule is COc1ccc(NC(=O)N2CCn3cccc3[C@H]2c2ccccc2)cn1. The summed E-state index contributed by atoms with van der Waals surface area (Å²) in [5.41, 5.74) is 2.85. The molecule has 0 spiro atoms. The van der Waals surface area contributed by atoms with Gasteiger partial charge in [0.15, 0.2) is 0 Å². The van der Waals surface area contributed by atoms with Crippen LogP contribution in [-0.4, -0.2) is 34.1 Å². The van der Waals surface area contributed by atoms with E-state index in [9.17, 15) is 4.79 Å². The summed E-state index contributed by atoms with van der Waals surface area (Å²) in [5, 5.41) is 2.95. The molecule has 3 heterocycles. The summed E-state index contributed by atoms with van der Waals surface area (Å²) in [6.45, 7) is 1.41. The number of hydrogen-bond acceptors (Lipinski definition) is 3. The lowest BCUT2D eigenvalue weighted by atomic mass is 10.0. The van der Waals surface area contributed by atoms with Crippen LogP contribution in [0.3, 0.4) is 0 Å². The highest BCUT2D eigenvalue weighted by atomic mass is 16.5. The molecule has 6 heteroatoms. The first-order valence-electron chi connectivity index (χ1n) is 8.54. The van der Waals surface area contributed by atoms with Gasteiger partial charge in [-0.1, -0.05) is 30.3 Å². The Hall–Kier alpha value is -3.28.